The Hall–Kier alpha value is -3.61. The maximum absolute atomic E-state index is 13.1. The molecule has 1 aromatic heterocycles. The second-order valence-corrected chi connectivity index (χ2v) is 7.99. The van der Waals surface area contributed by atoms with E-state index >= 15 is 0 Å². The van der Waals surface area contributed by atoms with Crippen LogP contribution in [0.5, 0.6) is 5.75 Å². The highest BCUT2D eigenvalue weighted by molar-refractivity contribution is 6.08. The topological polar surface area (TPSA) is 85.2 Å². The highest BCUT2D eigenvalue weighted by atomic mass is 16.5. The van der Waals surface area contributed by atoms with Gasteiger partial charge in [0.05, 0.1) is 23.5 Å². The molecular weight excluding hydrogens is 380 g/mol. The molecule has 3 aromatic rings. The van der Waals surface area contributed by atoms with Crippen molar-refractivity contribution in [2.75, 3.05) is 10.6 Å². The van der Waals surface area contributed by atoms with Crippen LogP contribution in [-0.2, 0) is 10.3 Å². The number of nitrogens with zero attached hydrogens (tertiary/aromatic N) is 2. The Kier molecular flexibility index (Phi) is 5.03. The minimum Gasteiger partial charge on any atom is -0.424 e. The van der Waals surface area contributed by atoms with Gasteiger partial charge in [0.1, 0.15) is 11.4 Å². The van der Waals surface area contributed by atoms with Crippen LogP contribution in [0, 0.1) is 0 Å². The predicted octanol–water partition coefficient (Wildman–Crippen LogP) is 4.35. The Balaban J connectivity index is 1.64. The molecule has 0 saturated heterocycles. The molecule has 2 aromatic carbocycles. The molecular formula is C23H24N4O3. The molecule has 1 unspecified atom stereocenters. The van der Waals surface area contributed by atoms with Gasteiger partial charge in [-0.25, -0.2) is 4.68 Å². The number of aromatic nitrogens is 2. The first-order valence-corrected chi connectivity index (χ1v) is 9.84. The summed E-state index contributed by atoms with van der Waals surface area (Å²) in [5.74, 6) is 0.194. The summed E-state index contributed by atoms with van der Waals surface area (Å²) in [6.07, 6.45) is 2.41. The fraction of sp³-hybridized carbons (Fsp3) is 0.261. The maximum atomic E-state index is 13.1. The Morgan fingerprint density at radius 1 is 1.13 bits per heavy atom. The van der Waals surface area contributed by atoms with Crippen LogP contribution >= 0.6 is 0 Å². The van der Waals surface area contributed by atoms with E-state index in [1.165, 1.54) is 6.92 Å². The summed E-state index contributed by atoms with van der Waals surface area (Å²) in [6.45, 7) is 5.54. The molecule has 0 radical (unpaired) electrons. The monoisotopic (exact) mass is 404 g/mol. The van der Waals surface area contributed by atoms with E-state index in [2.05, 4.69) is 41.7 Å². The van der Waals surface area contributed by atoms with Crippen LogP contribution in [0.4, 0.5) is 11.5 Å². The van der Waals surface area contributed by atoms with Crippen molar-refractivity contribution in [3.63, 3.8) is 0 Å². The van der Waals surface area contributed by atoms with Crippen LogP contribution in [0.2, 0.25) is 0 Å². The van der Waals surface area contributed by atoms with Gasteiger partial charge in [-0.15, -0.1) is 0 Å². The van der Waals surface area contributed by atoms with Crippen molar-refractivity contribution < 1.29 is 14.3 Å². The minimum absolute atomic E-state index is 0.0604. The molecule has 2 N–H and O–H groups in total. The first-order chi connectivity index (χ1) is 14.3. The van der Waals surface area contributed by atoms with Crippen molar-refractivity contribution in [2.24, 2.45) is 0 Å². The van der Waals surface area contributed by atoms with Crippen molar-refractivity contribution in [1.82, 2.24) is 9.78 Å². The average Bonchev–Trinajstić information content (AvgIpc) is 3.14. The van der Waals surface area contributed by atoms with Gasteiger partial charge in [0.25, 0.3) is 5.91 Å². The number of carbonyl (C=O) groups excluding carboxylic acids is 2. The first kappa shape index (κ1) is 19.7. The van der Waals surface area contributed by atoms with Crippen LogP contribution in [0.3, 0.4) is 0 Å². The molecule has 0 fully saturated rings. The average molecular weight is 404 g/mol. The van der Waals surface area contributed by atoms with Gasteiger partial charge in [-0.1, -0.05) is 42.5 Å². The number of carbonyl (C=O) groups is 2. The molecule has 1 atom stereocenters. The summed E-state index contributed by atoms with van der Waals surface area (Å²) in [4.78, 5) is 24.4. The smallest absolute Gasteiger partial charge is 0.308 e. The second kappa shape index (κ2) is 7.67. The van der Waals surface area contributed by atoms with E-state index in [4.69, 9.17) is 4.74 Å². The van der Waals surface area contributed by atoms with E-state index in [0.29, 0.717) is 22.8 Å². The number of hydrogen-bond acceptors (Lipinski definition) is 5. The van der Waals surface area contributed by atoms with Gasteiger partial charge >= 0.3 is 5.97 Å². The lowest BCUT2D eigenvalue weighted by Crippen LogP contribution is -2.38. The van der Waals surface area contributed by atoms with Gasteiger partial charge < -0.3 is 15.4 Å². The van der Waals surface area contributed by atoms with Crippen LogP contribution in [-0.4, -0.2) is 21.7 Å². The van der Waals surface area contributed by atoms with E-state index in [-0.39, 0.29) is 17.5 Å². The SMILES string of the molecule is CC(=O)Oc1ccccc1NC(=O)c1cnn2c1NC(c1ccccc1)CC2(C)C. The van der Waals surface area contributed by atoms with Gasteiger partial charge in [0.15, 0.2) is 5.75 Å². The predicted molar refractivity (Wildman–Crippen MR) is 115 cm³/mol. The van der Waals surface area contributed by atoms with Crippen molar-refractivity contribution in [1.29, 1.82) is 0 Å². The summed E-state index contributed by atoms with van der Waals surface area (Å²) in [7, 11) is 0. The lowest BCUT2D eigenvalue weighted by molar-refractivity contribution is -0.131. The van der Waals surface area contributed by atoms with E-state index in [1.54, 1.807) is 30.5 Å². The molecule has 4 rings (SSSR count). The zero-order chi connectivity index (χ0) is 21.3. The van der Waals surface area contributed by atoms with Crippen LogP contribution in [0.15, 0.2) is 60.8 Å². The number of fused-ring (bicyclic) bond motifs is 1. The van der Waals surface area contributed by atoms with Crippen LogP contribution in [0.1, 0.15) is 49.2 Å². The number of nitrogens with one attached hydrogen (secondary N) is 2. The fourth-order valence-corrected chi connectivity index (χ4v) is 3.80. The molecule has 0 saturated carbocycles. The van der Waals surface area contributed by atoms with Crippen molar-refractivity contribution in [3.05, 3.63) is 71.9 Å². The number of esters is 1. The Labute approximate surface area is 175 Å². The molecule has 154 valence electrons. The molecule has 0 spiro atoms. The number of anilines is 2. The Morgan fingerprint density at radius 2 is 1.83 bits per heavy atom. The summed E-state index contributed by atoms with van der Waals surface area (Å²) in [5, 5.41) is 10.8. The second-order valence-electron chi connectivity index (χ2n) is 7.99. The number of ether oxygens (including phenoxy) is 1. The largest absolute Gasteiger partial charge is 0.424 e. The molecule has 1 aliphatic rings. The molecule has 7 heteroatoms. The number of hydrogen-bond donors (Lipinski definition) is 2. The summed E-state index contributed by atoms with van der Waals surface area (Å²) in [6, 6.07) is 17.1. The highest BCUT2D eigenvalue weighted by Crippen LogP contribution is 2.40. The quantitative estimate of drug-likeness (QED) is 0.499. The lowest BCUT2D eigenvalue weighted by atomic mass is 9.89. The van der Waals surface area contributed by atoms with Crippen molar-refractivity contribution >= 4 is 23.4 Å². The number of para-hydroxylation sites is 2. The zero-order valence-corrected chi connectivity index (χ0v) is 17.2. The van der Waals surface area contributed by atoms with Crippen molar-refractivity contribution in [2.45, 2.75) is 38.8 Å². The van der Waals surface area contributed by atoms with Gasteiger partial charge in [-0.3, -0.25) is 9.59 Å². The number of benzene rings is 2. The van der Waals surface area contributed by atoms with Gasteiger partial charge in [-0.2, -0.15) is 5.10 Å². The maximum Gasteiger partial charge on any atom is 0.308 e. The molecule has 1 aliphatic heterocycles. The van der Waals surface area contributed by atoms with E-state index in [0.717, 1.165) is 12.0 Å². The first-order valence-electron chi connectivity index (χ1n) is 9.84. The summed E-state index contributed by atoms with van der Waals surface area (Å²) in [5.41, 5.74) is 1.74. The van der Waals surface area contributed by atoms with Crippen molar-refractivity contribution in [3.8, 4) is 5.75 Å². The summed E-state index contributed by atoms with van der Waals surface area (Å²) >= 11 is 0. The standard InChI is InChI=1S/C23H24N4O3/c1-15(28)30-20-12-8-7-11-18(20)26-22(29)17-14-24-27-21(17)25-19(13-23(27,2)3)16-9-5-4-6-10-16/h4-12,14,19,25H,13H2,1-3H3,(H,26,29). The van der Waals surface area contributed by atoms with Gasteiger partial charge in [-0.05, 0) is 38.0 Å². The third kappa shape index (κ3) is 3.78. The summed E-state index contributed by atoms with van der Waals surface area (Å²) < 4.78 is 7.05. The van der Waals surface area contributed by atoms with Gasteiger partial charge in [0.2, 0.25) is 0 Å². The van der Waals surface area contributed by atoms with Crippen LogP contribution < -0.4 is 15.4 Å². The van der Waals surface area contributed by atoms with Crippen LogP contribution in [0.25, 0.3) is 0 Å². The molecule has 2 heterocycles. The number of amides is 1. The van der Waals surface area contributed by atoms with Gasteiger partial charge in [0, 0.05) is 6.92 Å². The van der Waals surface area contributed by atoms with E-state index in [9.17, 15) is 9.59 Å². The van der Waals surface area contributed by atoms with E-state index in [1.807, 2.05) is 22.9 Å². The number of rotatable bonds is 4. The normalized spacial score (nSPS) is 16.8. The Bertz CT molecular complexity index is 1090. The molecule has 0 bridgehead atoms. The third-order valence-electron chi connectivity index (χ3n) is 5.19. The minimum atomic E-state index is -0.450. The lowest BCUT2D eigenvalue weighted by Gasteiger charge is -2.38. The van der Waals surface area contributed by atoms with E-state index < -0.39 is 5.97 Å². The molecule has 7 nitrogen and oxygen atoms in total. The Morgan fingerprint density at radius 3 is 2.57 bits per heavy atom. The zero-order valence-electron chi connectivity index (χ0n) is 17.2. The molecule has 1 amide bonds. The molecule has 0 aliphatic carbocycles. The molecule has 30 heavy (non-hydrogen) atoms. The fourth-order valence-electron chi connectivity index (χ4n) is 3.80. The highest BCUT2D eigenvalue weighted by Gasteiger charge is 2.36. The third-order valence-corrected chi connectivity index (χ3v) is 5.19.